The number of unbranched alkanes of at least 4 members (excludes halogenated alkanes) is 1. The van der Waals surface area contributed by atoms with Crippen molar-refractivity contribution < 1.29 is 27.1 Å². The molecule has 1 saturated heterocycles. The minimum atomic E-state index is -3.78. The number of benzene rings is 1. The van der Waals surface area contributed by atoms with Crippen LogP contribution in [0.15, 0.2) is 35.2 Å². The molecule has 3 amide bonds. The van der Waals surface area contributed by atoms with Gasteiger partial charge in [0.05, 0.1) is 11.5 Å². The smallest absolute Gasteiger partial charge is 0.324 e. The van der Waals surface area contributed by atoms with Gasteiger partial charge in [-0.2, -0.15) is 0 Å². The van der Waals surface area contributed by atoms with Gasteiger partial charge in [0.2, 0.25) is 15.9 Å². The molecule has 0 spiro atoms. The van der Waals surface area contributed by atoms with Crippen LogP contribution in [0.5, 0.6) is 5.75 Å². The fourth-order valence-electron chi connectivity index (χ4n) is 2.48. The normalized spacial score (nSPS) is 14.8. The van der Waals surface area contributed by atoms with Crippen LogP contribution in [-0.2, 0) is 14.8 Å². The second-order valence-corrected chi connectivity index (χ2v) is 8.81. The fraction of sp³-hybridized carbons (Fsp3) is 0.474. The Kier molecular flexibility index (Phi) is 8.15. The highest BCUT2D eigenvalue weighted by Crippen LogP contribution is 2.22. The summed E-state index contributed by atoms with van der Waals surface area (Å²) >= 11 is 0. The van der Waals surface area contributed by atoms with Gasteiger partial charge in [-0.1, -0.05) is 26.0 Å². The number of nitrogens with zero attached hydrogens (tertiary/aromatic N) is 1. The van der Waals surface area contributed by atoms with E-state index in [1.54, 1.807) is 6.08 Å². The summed E-state index contributed by atoms with van der Waals surface area (Å²) in [5.74, 6) is -0.838. The number of urea groups is 1. The number of hydrogen-bond donors (Lipinski definition) is 2. The summed E-state index contributed by atoms with van der Waals surface area (Å²) < 4.78 is 46.3. The molecule has 1 aromatic rings. The summed E-state index contributed by atoms with van der Waals surface area (Å²) in [6.45, 7) is 4.67. The number of ether oxygens (including phenoxy) is 1. The molecule has 1 aliphatic heterocycles. The zero-order valence-electron chi connectivity index (χ0n) is 16.5. The Morgan fingerprint density at radius 2 is 2.07 bits per heavy atom. The van der Waals surface area contributed by atoms with E-state index >= 15 is 0 Å². The van der Waals surface area contributed by atoms with Gasteiger partial charge in [-0.05, 0) is 30.9 Å². The SMILES string of the molecule is CC(C)COc1cc(S(=O)(=O)NCCCC=CCN2CC(=O)NC2=O)ccc1F. The van der Waals surface area contributed by atoms with E-state index < -0.39 is 21.9 Å². The lowest BCUT2D eigenvalue weighted by atomic mass is 10.2. The molecule has 1 aromatic carbocycles. The molecule has 0 radical (unpaired) electrons. The molecule has 0 aromatic heterocycles. The Morgan fingerprint density at radius 1 is 1.31 bits per heavy atom. The lowest BCUT2D eigenvalue weighted by molar-refractivity contribution is -0.118. The molecule has 2 rings (SSSR count). The van der Waals surface area contributed by atoms with Crippen LogP contribution in [-0.4, -0.2) is 51.5 Å². The molecule has 0 atom stereocenters. The zero-order chi connectivity index (χ0) is 21.4. The molecule has 1 aliphatic rings. The minimum absolute atomic E-state index is 0.0452. The number of carbonyl (C=O) groups is 2. The Labute approximate surface area is 170 Å². The van der Waals surface area contributed by atoms with Crippen LogP contribution >= 0.6 is 0 Å². The van der Waals surface area contributed by atoms with Crippen molar-refractivity contribution in [3.05, 3.63) is 36.2 Å². The van der Waals surface area contributed by atoms with E-state index in [9.17, 15) is 22.4 Å². The first-order valence-corrected chi connectivity index (χ1v) is 10.8. The quantitative estimate of drug-likeness (QED) is 0.319. The molecule has 0 saturated carbocycles. The number of rotatable bonds is 11. The average molecular weight is 427 g/mol. The van der Waals surface area contributed by atoms with Crippen molar-refractivity contribution in [1.82, 2.24) is 14.9 Å². The Bertz CT molecular complexity index is 871. The van der Waals surface area contributed by atoms with E-state index in [0.717, 1.165) is 6.07 Å². The molecular formula is C19H26FN3O5S. The second-order valence-electron chi connectivity index (χ2n) is 7.04. The van der Waals surface area contributed by atoms with Crippen molar-refractivity contribution >= 4 is 22.0 Å². The summed E-state index contributed by atoms with van der Waals surface area (Å²) in [4.78, 5) is 23.7. The Morgan fingerprint density at radius 3 is 2.72 bits per heavy atom. The number of allylic oxidation sites excluding steroid dienone is 1. The van der Waals surface area contributed by atoms with Gasteiger partial charge < -0.3 is 9.64 Å². The van der Waals surface area contributed by atoms with Gasteiger partial charge in [0, 0.05) is 19.2 Å². The third kappa shape index (κ3) is 7.13. The first-order chi connectivity index (χ1) is 13.7. The van der Waals surface area contributed by atoms with Crippen LogP contribution in [0.4, 0.5) is 9.18 Å². The van der Waals surface area contributed by atoms with Crippen LogP contribution < -0.4 is 14.8 Å². The van der Waals surface area contributed by atoms with Crippen LogP contribution in [0, 0.1) is 11.7 Å². The van der Waals surface area contributed by atoms with Crippen molar-refractivity contribution in [2.24, 2.45) is 5.92 Å². The van der Waals surface area contributed by atoms with E-state index in [2.05, 4.69) is 10.0 Å². The fourth-order valence-corrected chi connectivity index (χ4v) is 3.57. The third-order valence-corrected chi connectivity index (χ3v) is 5.44. The summed E-state index contributed by atoms with van der Waals surface area (Å²) in [6.07, 6.45) is 4.71. The zero-order valence-corrected chi connectivity index (χ0v) is 17.3. The number of carbonyl (C=O) groups excluding carboxylic acids is 2. The molecule has 0 unspecified atom stereocenters. The molecule has 1 heterocycles. The Balaban J connectivity index is 1.78. The molecule has 1 fully saturated rings. The highest BCUT2D eigenvalue weighted by atomic mass is 32.2. The van der Waals surface area contributed by atoms with Crippen molar-refractivity contribution in [3.63, 3.8) is 0 Å². The second kappa shape index (κ2) is 10.4. The topological polar surface area (TPSA) is 105 Å². The number of hydrogen-bond acceptors (Lipinski definition) is 5. The van der Waals surface area contributed by atoms with E-state index in [1.165, 1.54) is 17.0 Å². The largest absolute Gasteiger partial charge is 0.490 e. The van der Waals surface area contributed by atoms with Gasteiger partial charge in [-0.25, -0.2) is 22.3 Å². The summed E-state index contributed by atoms with van der Waals surface area (Å²) in [5, 5.41) is 2.19. The number of amides is 3. The molecule has 0 bridgehead atoms. The maximum absolute atomic E-state index is 13.8. The lowest BCUT2D eigenvalue weighted by Crippen LogP contribution is -2.28. The lowest BCUT2D eigenvalue weighted by Gasteiger charge is -2.12. The number of sulfonamides is 1. The van der Waals surface area contributed by atoms with E-state index in [1.807, 2.05) is 19.9 Å². The Hall–Kier alpha value is -2.46. The maximum atomic E-state index is 13.8. The average Bonchev–Trinajstić information content (AvgIpc) is 2.97. The van der Waals surface area contributed by atoms with Gasteiger partial charge >= 0.3 is 6.03 Å². The van der Waals surface area contributed by atoms with Crippen molar-refractivity contribution in [3.8, 4) is 5.75 Å². The molecule has 8 nitrogen and oxygen atoms in total. The van der Waals surface area contributed by atoms with E-state index in [4.69, 9.17) is 4.74 Å². The number of halogens is 1. The predicted molar refractivity (Wildman–Crippen MR) is 105 cm³/mol. The third-order valence-electron chi connectivity index (χ3n) is 3.99. The molecule has 2 N–H and O–H groups in total. The standard InChI is InChI=1S/C19H26FN3O5S/c1-14(2)13-28-17-11-15(7-8-16(17)20)29(26,27)21-9-5-3-4-6-10-23-12-18(24)22-19(23)25/h4,6-8,11,14,21H,3,5,9-10,12-13H2,1-2H3,(H,22,24,25). The summed E-state index contributed by atoms with van der Waals surface area (Å²) in [7, 11) is -3.78. The first-order valence-electron chi connectivity index (χ1n) is 9.35. The predicted octanol–water partition coefficient (Wildman–Crippen LogP) is 2.03. The number of imide groups is 1. The van der Waals surface area contributed by atoms with E-state index in [0.29, 0.717) is 19.4 Å². The number of nitrogens with one attached hydrogen (secondary N) is 2. The van der Waals surface area contributed by atoms with Gasteiger partial charge in [0.25, 0.3) is 0 Å². The van der Waals surface area contributed by atoms with Gasteiger partial charge in [-0.15, -0.1) is 0 Å². The molecular weight excluding hydrogens is 401 g/mol. The highest BCUT2D eigenvalue weighted by Gasteiger charge is 2.25. The van der Waals surface area contributed by atoms with Crippen LogP contribution in [0.3, 0.4) is 0 Å². The molecule has 29 heavy (non-hydrogen) atoms. The molecule has 160 valence electrons. The molecule has 0 aliphatic carbocycles. The summed E-state index contributed by atoms with van der Waals surface area (Å²) in [5.41, 5.74) is 0. The van der Waals surface area contributed by atoms with Gasteiger partial charge in [0.15, 0.2) is 11.6 Å². The van der Waals surface area contributed by atoms with Crippen molar-refractivity contribution in [2.75, 3.05) is 26.2 Å². The maximum Gasteiger partial charge on any atom is 0.324 e. The van der Waals surface area contributed by atoms with Crippen LogP contribution in [0.2, 0.25) is 0 Å². The van der Waals surface area contributed by atoms with Crippen molar-refractivity contribution in [2.45, 2.75) is 31.6 Å². The van der Waals surface area contributed by atoms with Gasteiger partial charge in [-0.3, -0.25) is 10.1 Å². The highest BCUT2D eigenvalue weighted by molar-refractivity contribution is 7.89. The van der Waals surface area contributed by atoms with Crippen LogP contribution in [0.1, 0.15) is 26.7 Å². The van der Waals surface area contributed by atoms with Crippen LogP contribution in [0.25, 0.3) is 0 Å². The molecule has 10 heteroatoms. The summed E-state index contributed by atoms with van der Waals surface area (Å²) in [6, 6.07) is 3.04. The van der Waals surface area contributed by atoms with Crippen molar-refractivity contribution in [1.29, 1.82) is 0 Å². The first kappa shape index (κ1) is 22.8. The van der Waals surface area contributed by atoms with Gasteiger partial charge in [0.1, 0.15) is 6.54 Å². The minimum Gasteiger partial charge on any atom is -0.490 e. The monoisotopic (exact) mass is 427 g/mol. The van der Waals surface area contributed by atoms with E-state index in [-0.39, 0.29) is 42.2 Å².